The Morgan fingerprint density at radius 3 is 2.35 bits per heavy atom. The summed E-state index contributed by atoms with van der Waals surface area (Å²) >= 11 is 0. The van der Waals surface area contributed by atoms with Crippen molar-refractivity contribution in [2.24, 2.45) is 0 Å². The van der Waals surface area contributed by atoms with Gasteiger partial charge in [-0.15, -0.1) is 0 Å². The van der Waals surface area contributed by atoms with Gasteiger partial charge in [-0.3, -0.25) is 4.79 Å². The van der Waals surface area contributed by atoms with Crippen LogP contribution in [0.2, 0.25) is 0 Å². The summed E-state index contributed by atoms with van der Waals surface area (Å²) in [6, 6.07) is 20.1. The fourth-order valence-corrected chi connectivity index (χ4v) is 4.06. The van der Waals surface area contributed by atoms with Crippen LogP contribution < -0.4 is 5.32 Å². The van der Waals surface area contributed by atoms with E-state index in [2.05, 4.69) is 27.5 Å². The number of fused-ring (bicyclic) bond motifs is 1. The van der Waals surface area contributed by atoms with Gasteiger partial charge in [-0.25, -0.2) is 4.68 Å². The average molecular weight is 342 g/mol. The van der Waals surface area contributed by atoms with Gasteiger partial charge in [0.05, 0.1) is 0 Å². The first kappa shape index (κ1) is 15.1. The molecule has 2 atom stereocenters. The van der Waals surface area contributed by atoms with Crippen molar-refractivity contribution in [1.82, 2.24) is 14.8 Å². The van der Waals surface area contributed by atoms with Gasteiger partial charge >= 0.3 is 0 Å². The van der Waals surface area contributed by atoms with Crippen LogP contribution in [-0.4, -0.2) is 20.5 Å². The fourth-order valence-electron chi connectivity index (χ4n) is 4.06. The molecule has 1 N–H and O–H groups in total. The maximum absolute atomic E-state index is 13.2. The molecule has 2 aromatic carbocycles. The molecule has 1 aliphatic carbocycles. The molecule has 0 bridgehead atoms. The lowest BCUT2D eigenvalue weighted by atomic mass is 9.78. The normalized spacial score (nSPS) is 21.8. The minimum Gasteiger partial charge on any atom is -0.328 e. The van der Waals surface area contributed by atoms with Crippen molar-refractivity contribution >= 4 is 11.7 Å². The monoisotopic (exact) mass is 342 g/mol. The fraction of sp³-hybridized carbons (Fsp3) is 0.190. The first-order valence-electron chi connectivity index (χ1n) is 8.84. The highest BCUT2D eigenvalue weighted by Gasteiger charge is 2.39. The molecule has 0 amide bonds. The lowest BCUT2D eigenvalue weighted by Gasteiger charge is -2.35. The standard InChI is InChI=1S/C21H18N4O/c26-18-12-16(14-7-3-1-4-8-14)11-17-19(18)20(15-9-5-2-6-10-15)25-21(24-17)22-13-23-25/h1-10,13,16,20H,11-12H2,(H,22,23,24)/t16-,20+/m0/s1. The van der Waals surface area contributed by atoms with Crippen LogP contribution in [0.15, 0.2) is 78.3 Å². The van der Waals surface area contributed by atoms with Crippen molar-refractivity contribution in [3.8, 4) is 0 Å². The highest BCUT2D eigenvalue weighted by Crippen LogP contribution is 2.43. The van der Waals surface area contributed by atoms with Gasteiger partial charge in [0.25, 0.3) is 0 Å². The molecule has 0 saturated carbocycles. The van der Waals surface area contributed by atoms with Crippen molar-refractivity contribution in [1.29, 1.82) is 0 Å². The second-order valence-corrected chi connectivity index (χ2v) is 6.80. The minimum atomic E-state index is -0.214. The van der Waals surface area contributed by atoms with Gasteiger partial charge in [-0.1, -0.05) is 60.7 Å². The third-order valence-electron chi connectivity index (χ3n) is 5.25. The van der Waals surface area contributed by atoms with Gasteiger partial charge in [0.2, 0.25) is 5.95 Å². The van der Waals surface area contributed by atoms with Crippen LogP contribution in [0.3, 0.4) is 0 Å². The van der Waals surface area contributed by atoms with E-state index in [-0.39, 0.29) is 17.7 Å². The molecule has 128 valence electrons. The Bertz CT molecular complexity index is 991. The summed E-state index contributed by atoms with van der Waals surface area (Å²) in [6.07, 6.45) is 2.87. The van der Waals surface area contributed by atoms with E-state index in [0.29, 0.717) is 12.4 Å². The third-order valence-corrected chi connectivity index (χ3v) is 5.25. The predicted octanol–water partition coefficient (Wildman–Crippen LogP) is 3.69. The third kappa shape index (κ3) is 2.36. The van der Waals surface area contributed by atoms with Crippen LogP contribution in [0.5, 0.6) is 0 Å². The van der Waals surface area contributed by atoms with Gasteiger partial charge < -0.3 is 5.32 Å². The van der Waals surface area contributed by atoms with E-state index in [1.165, 1.54) is 11.9 Å². The number of Topliss-reactive ketones (excluding diaryl/α,β-unsaturated/α-hetero) is 1. The first-order valence-corrected chi connectivity index (χ1v) is 8.84. The maximum Gasteiger partial charge on any atom is 0.226 e. The number of benzene rings is 2. The van der Waals surface area contributed by atoms with Gasteiger partial charge in [0.1, 0.15) is 12.4 Å². The average Bonchev–Trinajstić information content (AvgIpc) is 3.15. The number of allylic oxidation sites excluding steroid dienone is 2. The number of nitrogens with one attached hydrogen (secondary N) is 1. The molecule has 26 heavy (non-hydrogen) atoms. The molecular weight excluding hydrogens is 324 g/mol. The van der Waals surface area contributed by atoms with Gasteiger partial charge in [0.15, 0.2) is 5.78 Å². The summed E-state index contributed by atoms with van der Waals surface area (Å²) in [6.45, 7) is 0. The SMILES string of the molecule is O=C1C[C@@H](c2ccccc2)CC2=C1[C@@H](c1ccccc1)n1ncnc1N2. The molecule has 5 rings (SSSR count). The zero-order valence-electron chi connectivity index (χ0n) is 14.2. The zero-order valence-corrected chi connectivity index (χ0v) is 14.2. The summed E-state index contributed by atoms with van der Waals surface area (Å²) in [5, 5.41) is 7.73. The number of carbonyl (C=O) groups excluding carboxylic acids is 1. The van der Waals surface area contributed by atoms with Crippen molar-refractivity contribution in [2.75, 3.05) is 5.32 Å². The van der Waals surface area contributed by atoms with E-state index in [0.717, 1.165) is 23.3 Å². The molecule has 0 spiro atoms. The predicted molar refractivity (Wildman–Crippen MR) is 98.7 cm³/mol. The van der Waals surface area contributed by atoms with E-state index in [9.17, 15) is 4.79 Å². The Morgan fingerprint density at radius 2 is 1.62 bits per heavy atom. The lowest BCUT2D eigenvalue weighted by Crippen LogP contribution is -2.33. The number of hydrogen-bond acceptors (Lipinski definition) is 4. The van der Waals surface area contributed by atoms with Crippen LogP contribution in [0.25, 0.3) is 0 Å². The van der Waals surface area contributed by atoms with Gasteiger partial charge in [-0.05, 0) is 23.5 Å². The molecule has 0 fully saturated rings. The molecule has 2 heterocycles. The Morgan fingerprint density at radius 1 is 0.923 bits per heavy atom. The quantitative estimate of drug-likeness (QED) is 0.771. The topological polar surface area (TPSA) is 59.8 Å². The number of carbonyl (C=O) groups is 1. The molecule has 0 radical (unpaired) electrons. The minimum absolute atomic E-state index is 0.183. The zero-order chi connectivity index (χ0) is 17.5. The van der Waals surface area contributed by atoms with Crippen LogP contribution in [0, 0.1) is 0 Å². The number of ketones is 1. The van der Waals surface area contributed by atoms with E-state index in [1.807, 2.05) is 53.2 Å². The maximum atomic E-state index is 13.2. The van der Waals surface area contributed by atoms with Crippen LogP contribution in [0.1, 0.15) is 35.9 Å². The molecule has 0 unspecified atom stereocenters. The molecular formula is C21H18N4O. The summed E-state index contributed by atoms with van der Waals surface area (Å²) in [4.78, 5) is 17.5. The summed E-state index contributed by atoms with van der Waals surface area (Å²) in [7, 11) is 0. The molecule has 0 saturated heterocycles. The van der Waals surface area contributed by atoms with Crippen LogP contribution in [0.4, 0.5) is 5.95 Å². The highest BCUT2D eigenvalue weighted by atomic mass is 16.1. The Kier molecular flexibility index (Phi) is 3.45. The van der Waals surface area contributed by atoms with Gasteiger partial charge in [0, 0.05) is 17.7 Å². The van der Waals surface area contributed by atoms with Crippen LogP contribution in [-0.2, 0) is 4.79 Å². The number of aromatic nitrogens is 3. The van der Waals surface area contributed by atoms with Crippen molar-refractivity contribution in [2.45, 2.75) is 24.8 Å². The second kappa shape index (κ2) is 5.95. The Labute approximate surface area is 151 Å². The van der Waals surface area contributed by atoms with E-state index in [4.69, 9.17) is 0 Å². The Hall–Kier alpha value is -3.21. The first-order chi connectivity index (χ1) is 12.8. The van der Waals surface area contributed by atoms with E-state index in [1.54, 1.807) is 0 Å². The molecule has 1 aromatic heterocycles. The molecule has 5 nitrogen and oxygen atoms in total. The summed E-state index contributed by atoms with van der Waals surface area (Å²) in [5.74, 6) is 1.07. The number of rotatable bonds is 2. The van der Waals surface area contributed by atoms with E-state index < -0.39 is 0 Å². The summed E-state index contributed by atoms with van der Waals surface area (Å²) < 4.78 is 1.81. The van der Waals surface area contributed by atoms with Gasteiger partial charge in [-0.2, -0.15) is 10.1 Å². The van der Waals surface area contributed by atoms with Crippen molar-refractivity contribution in [3.63, 3.8) is 0 Å². The van der Waals surface area contributed by atoms with E-state index >= 15 is 0 Å². The van der Waals surface area contributed by atoms with Crippen molar-refractivity contribution < 1.29 is 4.79 Å². The number of hydrogen-bond donors (Lipinski definition) is 1. The van der Waals surface area contributed by atoms with Crippen LogP contribution >= 0.6 is 0 Å². The molecule has 5 heteroatoms. The molecule has 3 aromatic rings. The van der Waals surface area contributed by atoms with Crippen molar-refractivity contribution in [3.05, 3.63) is 89.4 Å². The lowest BCUT2D eigenvalue weighted by molar-refractivity contribution is -0.116. The molecule has 1 aliphatic heterocycles. The second-order valence-electron chi connectivity index (χ2n) is 6.80. The molecule has 2 aliphatic rings. The number of nitrogens with zero attached hydrogens (tertiary/aromatic N) is 3. The Balaban J connectivity index is 1.61. The summed E-state index contributed by atoms with van der Waals surface area (Å²) in [5.41, 5.74) is 4.06. The smallest absolute Gasteiger partial charge is 0.226 e. The number of anilines is 1. The highest BCUT2D eigenvalue weighted by molar-refractivity contribution is 6.00. The largest absolute Gasteiger partial charge is 0.328 e.